The first-order chi connectivity index (χ1) is 43.3. The van der Waals surface area contributed by atoms with Gasteiger partial charge in [-0.1, -0.05) is 159 Å². The van der Waals surface area contributed by atoms with Gasteiger partial charge in [-0.3, -0.25) is 0 Å². The van der Waals surface area contributed by atoms with E-state index in [2.05, 4.69) is 276 Å². The van der Waals surface area contributed by atoms with Gasteiger partial charge in [0.2, 0.25) is 0 Å². The Morgan fingerprint density at radius 3 is 1.05 bits per heavy atom. The fourth-order valence-corrected chi connectivity index (χ4v) is 13.9. The summed E-state index contributed by atoms with van der Waals surface area (Å²) in [5.41, 5.74) is 26.4. The summed E-state index contributed by atoms with van der Waals surface area (Å²) in [6.45, 7) is 6.83. The first-order valence-corrected chi connectivity index (χ1v) is 30.4. The van der Waals surface area contributed by atoms with Gasteiger partial charge in [0.05, 0.1) is 10.8 Å². The van der Waals surface area contributed by atoms with Gasteiger partial charge < -0.3 is 22.1 Å². The monoisotopic (exact) mass is 1130 g/mol. The maximum absolute atomic E-state index is 7.04. The standard InChI is InChI=1S/C83H54O5/c1-4-47(2)61-27-28-62-66-42-52(49-14-8-5-9-15-49)22-31-71(66)86-81(62)78(61)65-41-55(21-20-48(65)3)58-38-59(56-25-34-74-69(45-56)79-76(84-74)36-29-63-67-43-53(50-16-10-6-11-17-50)23-32-72(67)87-82(63)79)40-60(39-58)57-26-35-75-70(46-57)80-77(85-75)37-30-64-68-44-54(51-18-12-7-13-19-51)24-33-73(68)88-83(64)80/h5-47H,4H2,1-3H3. The Morgan fingerprint density at radius 2 is 0.614 bits per heavy atom. The van der Waals surface area contributed by atoms with E-state index in [0.29, 0.717) is 0 Å². The second kappa shape index (κ2) is 19.4. The van der Waals surface area contributed by atoms with Crippen LogP contribution < -0.4 is 0 Å². The van der Waals surface area contributed by atoms with E-state index in [9.17, 15) is 0 Å². The van der Waals surface area contributed by atoms with Crippen LogP contribution in [0.3, 0.4) is 0 Å². The third kappa shape index (κ3) is 7.87. The average molecular weight is 1130 g/mol. The molecular weight excluding hydrogens is 1080 g/mol. The summed E-state index contributed by atoms with van der Waals surface area (Å²) in [6, 6.07) is 91.4. The number of fused-ring (bicyclic) bond motifs is 17. The van der Waals surface area contributed by atoms with Gasteiger partial charge in [0.25, 0.3) is 0 Å². The fraction of sp³-hybridized carbons (Fsp3) is 0.0602. The van der Waals surface area contributed by atoms with E-state index in [4.69, 9.17) is 22.1 Å². The number of hydrogen-bond donors (Lipinski definition) is 0. The summed E-state index contributed by atoms with van der Waals surface area (Å²) >= 11 is 0. The highest BCUT2D eigenvalue weighted by atomic mass is 16.4. The van der Waals surface area contributed by atoms with Gasteiger partial charge in [-0.05, 0) is 212 Å². The maximum atomic E-state index is 7.04. The third-order valence-electron chi connectivity index (χ3n) is 18.7. The minimum atomic E-state index is 0.286. The van der Waals surface area contributed by atoms with Crippen molar-refractivity contribution < 1.29 is 22.1 Å². The van der Waals surface area contributed by atoms with Gasteiger partial charge in [0.1, 0.15) is 55.8 Å². The molecular formula is C83H54O5. The Kier molecular flexibility index (Phi) is 11.1. The van der Waals surface area contributed by atoms with E-state index in [0.717, 1.165) is 172 Å². The van der Waals surface area contributed by atoms with Crippen molar-refractivity contribution in [3.05, 3.63) is 266 Å². The van der Waals surface area contributed by atoms with Crippen molar-refractivity contribution in [1.29, 1.82) is 0 Å². The smallest absolute Gasteiger partial charge is 0.147 e. The molecule has 18 rings (SSSR count). The normalized spacial score (nSPS) is 12.5. The molecule has 5 nitrogen and oxygen atoms in total. The van der Waals surface area contributed by atoms with E-state index in [1.54, 1.807) is 0 Å². The molecule has 13 aromatic carbocycles. The predicted octanol–water partition coefficient (Wildman–Crippen LogP) is 24.7. The molecule has 0 aliphatic heterocycles. The Hall–Kier alpha value is -11.1. The zero-order chi connectivity index (χ0) is 58.3. The van der Waals surface area contributed by atoms with Crippen LogP contribution in [-0.4, -0.2) is 0 Å². The van der Waals surface area contributed by atoms with Crippen molar-refractivity contribution >= 4 is 110 Å². The molecule has 0 spiro atoms. The van der Waals surface area contributed by atoms with Crippen LogP contribution in [-0.2, 0) is 0 Å². The summed E-state index contributed by atoms with van der Waals surface area (Å²) in [5.74, 6) is 0.286. The van der Waals surface area contributed by atoms with Crippen molar-refractivity contribution in [3.8, 4) is 77.9 Å². The number of rotatable bonds is 9. The molecule has 5 heterocycles. The molecule has 0 N–H and O–H groups in total. The van der Waals surface area contributed by atoms with Gasteiger partial charge >= 0.3 is 0 Å². The molecule has 5 heteroatoms. The molecule has 0 saturated heterocycles. The number of benzene rings is 13. The highest BCUT2D eigenvalue weighted by Gasteiger charge is 2.24. The maximum Gasteiger partial charge on any atom is 0.147 e. The summed E-state index contributed by atoms with van der Waals surface area (Å²) in [5, 5.41) is 10.4. The topological polar surface area (TPSA) is 65.7 Å². The molecule has 1 atom stereocenters. The van der Waals surface area contributed by atoms with E-state index in [1.807, 2.05) is 0 Å². The van der Waals surface area contributed by atoms with Gasteiger partial charge in [-0.25, -0.2) is 0 Å². The predicted molar refractivity (Wildman–Crippen MR) is 364 cm³/mol. The second-order valence-electron chi connectivity index (χ2n) is 23.8. The van der Waals surface area contributed by atoms with Crippen molar-refractivity contribution in [2.75, 3.05) is 0 Å². The number of hydrogen-bond acceptors (Lipinski definition) is 5. The highest BCUT2D eigenvalue weighted by molar-refractivity contribution is 6.24. The lowest BCUT2D eigenvalue weighted by atomic mass is 9.85. The Bertz CT molecular complexity index is 5620. The minimum Gasteiger partial charge on any atom is -0.456 e. The molecule has 0 fully saturated rings. The van der Waals surface area contributed by atoms with Crippen LogP contribution >= 0.6 is 0 Å². The van der Waals surface area contributed by atoms with Crippen molar-refractivity contribution in [2.24, 2.45) is 0 Å². The van der Waals surface area contributed by atoms with E-state index < -0.39 is 0 Å². The molecule has 1 unspecified atom stereocenters. The van der Waals surface area contributed by atoms with E-state index in [-0.39, 0.29) is 5.92 Å². The molecule has 0 amide bonds. The highest BCUT2D eigenvalue weighted by Crippen LogP contribution is 2.48. The lowest BCUT2D eigenvalue weighted by molar-refractivity contribution is 0.662. The van der Waals surface area contributed by atoms with E-state index >= 15 is 0 Å². The Balaban J connectivity index is 0.834. The molecule has 88 heavy (non-hydrogen) atoms. The largest absolute Gasteiger partial charge is 0.456 e. The van der Waals surface area contributed by atoms with Crippen LogP contribution in [0.4, 0.5) is 0 Å². The molecule has 18 aromatic rings. The number of aryl methyl sites for hydroxylation is 1. The quantitative estimate of drug-likeness (QED) is 0.144. The summed E-state index contributed by atoms with van der Waals surface area (Å²) in [7, 11) is 0. The van der Waals surface area contributed by atoms with Crippen LogP contribution in [0.5, 0.6) is 0 Å². The zero-order valence-electron chi connectivity index (χ0n) is 48.6. The van der Waals surface area contributed by atoms with Gasteiger partial charge in [0.15, 0.2) is 0 Å². The third-order valence-corrected chi connectivity index (χ3v) is 18.7. The van der Waals surface area contributed by atoms with Gasteiger partial charge in [-0.2, -0.15) is 0 Å². The molecule has 0 saturated carbocycles. The lowest BCUT2D eigenvalue weighted by Crippen LogP contribution is -1.98. The Morgan fingerprint density at radius 1 is 0.273 bits per heavy atom. The Labute approximate surface area is 505 Å². The molecule has 0 radical (unpaired) electrons. The van der Waals surface area contributed by atoms with Crippen molar-refractivity contribution in [2.45, 2.75) is 33.1 Å². The van der Waals surface area contributed by atoms with Crippen molar-refractivity contribution in [1.82, 2.24) is 0 Å². The first-order valence-electron chi connectivity index (χ1n) is 30.4. The molecule has 0 aliphatic carbocycles. The molecule has 0 aliphatic rings. The summed E-state index contributed by atoms with van der Waals surface area (Å²) in [6.07, 6.45) is 0.988. The SMILES string of the molecule is CCC(C)c1ccc2c(oc3ccc(-c4ccccc4)cc32)c1-c1cc(-c2cc(-c3ccc4oc5ccc6c7cc(-c8ccccc8)ccc7oc6c5c4c3)cc(-c3ccc4oc5ccc6c7cc(-c8ccccc8)ccc7oc6c5c4c3)c2)ccc1C. The van der Waals surface area contributed by atoms with Crippen LogP contribution in [0.1, 0.15) is 37.3 Å². The van der Waals surface area contributed by atoms with Crippen LogP contribution in [0.2, 0.25) is 0 Å². The van der Waals surface area contributed by atoms with Crippen LogP contribution in [0, 0.1) is 6.92 Å². The average Bonchev–Trinajstić information content (AvgIpc) is 1.74. The molecule has 0 bridgehead atoms. The number of furan rings is 5. The van der Waals surface area contributed by atoms with Crippen LogP contribution in [0.15, 0.2) is 277 Å². The summed E-state index contributed by atoms with van der Waals surface area (Å²) < 4.78 is 34.0. The van der Waals surface area contributed by atoms with E-state index in [1.165, 1.54) is 33.4 Å². The summed E-state index contributed by atoms with van der Waals surface area (Å²) in [4.78, 5) is 0. The first kappa shape index (κ1) is 50.2. The second-order valence-corrected chi connectivity index (χ2v) is 23.8. The molecule has 416 valence electrons. The molecule has 5 aromatic heterocycles. The van der Waals surface area contributed by atoms with Gasteiger partial charge in [0, 0.05) is 48.7 Å². The lowest BCUT2D eigenvalue weighted by Gasteiger charge is -2.19. The zero-order valence-corrected chi connectivity index (χ0v) is 48.6. The minimum absolute atomic E-state index is 0.286. The van der Waals surface area contributed by atoms with Crippen LogP contribution in [0.25, 0.3) is 188 Å². The van der Waals surface area contributed by atoms with Gasteiger partial charge in [-0.15, -0.1) is 0 Å². The van der Waals surface area contributed by atoms with Crippen molar-refractivity contribution in [3.63, 3.8) is 0 Å². The fourth-order valence-electron chi connectivity index (χ4n) is 13.9.